The lowest BCUT2D eigenvalue weighted by molar-refractivity contribution is -0.116. The van der Waals surface area contributed by atoms with E-state index in [2.05, 4.69) is 32.2 Å². The normalized spacial score (nSPS) is 40.7. The van der Waals surface area contributed by atoms with Crippen LogP contribution in [0.25, 0.3) is 0 Å². The molecule has 5 rings (SSSR count). The molecule has 3 aliphatic carbocycles. The smallest absolute Gasteiger partial charge is 0.251 e. The standard InChI is InChI=1S/C19H21NO3/c1-9(2)19-11-6-8-18(3)7-4-5-10-13(18)14(20-17(10)22)12(11)15(21)16(19)23-19/h6,9,16H,4-5,7-8H2,1-3H3,(H,20,22)/t16-,18-,19+/m0/s1. The highest BCUT2D eigenvalue weighted by molar-refractivity contribution is 6.14. The van der Waals surface area contributed by atoms with Crippen LogP contribution in [0.4, 0.5) is 0 Å². The van der Waals surface area contributed by atoms with Crippen molar-refractivity contribution in [2.24, 2.45) is 11.3 Å². The molecule has 3 atom stereocenters. The van der Waals surface area contributed by atoms with E-state index in [9.17, 15) is 9.59 Å². The van der Waals surface area contributed by atoms with Crippen molar-refractivity contribution in [2.75, 3.05) is 0 Å². The molecule has 1 amide bonds. The van der Waals surface area contributed by atoms with E-state index in [1.807, 2.05) is 0 Å². The van der Waals surface area contributed by atoms with E-state index in [0.29, 0.717) is 0 Å². The Morgan fingerprint density at radius 2 is 2.13 bits per heavy atom. The fraction of sp³-hybridized carbons (Fsp3) is 0.579. The molecule has 120 valence electrons. The average molecular weight is 311 g/mol. The zero-order valence-corrected chi connectivity index (χ0v) is 13.8. The molecule has 1 saturated heterocycles. The number of carbonyl (C=O) groups is 2. The van der Waals surface area contributed by atoms with E-state index in [4.69, 9.17) is 4.74 Å². The van der Waals surface area contributed by atoms with Gasteiger partial charge in [-0.25, -0.2) is 0 Å². The van der Waals surface area contributed by atoms with Gasteiger partial charge in [-0.1, -0.05) is 26.8 Å². The number of amides is 1. The first-order valence-corrected chi connectivity index (χ1v) is 8.63. The molecule has 0 aromatic carbocycles. The zero-order valence-electron chi connectivity index (χ0n) is 13.8. The number of allylic oxidation sites excluding steroid dienone is 2. The molecule has 0 radical (unpaired) electrons. The van der Waals surface area contributed by atoms with Gasteiger partial charge in [-0.15, -0.1) is 0 Å². The van der Waals surface area contributed by atoms with Gasteiger partial charge in [0.05, 0.1) is 11.3 Å². The van der Waals surface area contributed by atoms with Crippen LogP contribution < -0.4 is 5.32 Å². The molecule has 0 bridgehead atoms. The van der Waals surface area contributed by atoms with Gasteiger partial charge in [0, 0.05) is 5.57 Å². The average Bonchev–Trinajstić information content (AvgIpc) is 3.12. The lowest BCUT2D eigenvalue weighted by atomic mass is 9.69. The van der Waals surface area contributed by atoms with Crippen molar-refractivity contribution in [2.45, 2.75) is 58.2 Å². The minimum Gasteiger partial charge on any atom is -0.352 e. The lowest BCUT2D eigenvalue weighted by Crippen LogP contribution is -2.24. The van der Waals surface area contributed by atoms with Crippen molar-refractivity contribution in [1.82, 2.24) is 5.32 Å². The van der Waals surface area contributed by atoms with Crippen LogP contribution in [-0.4, -0.2) is 23.4 Å². The summed E-state index contributed by atoms with van der Waals surface area (Å²) in [6.45, 7) is 6.46. The van der Waals surface area contributed by atoms with Crippen LogP contribution in [0.15, 0.2) is 34.1 Å². The first-order chi connectivity index (χ1) is 10.9. The molecule has 0 aromatic rings. The minimum absolute atomic E-state index is 0.00237. The van der Waals surface area contributed by atoms with Crippen molar-refractivity contribution < 1.29 is 14.3 Å². The number of Topliss-reactive ketones (excluding diaryl/α,β-unsaturated/α-hetero) is 1. The second-order valence-corrected chi connectivity index (χ2v) is 8.10. The molecule has 4 nitrogen and oxygen atoms in total. The van der Waals surface area contributed by atoms with Crippen LogP contribution in [0.1, 0.15) is 46.5 Å². The van der Waals surface area contributed by atoms with Crippen LogP contribution in [0.2, 0.25) is 0 Å². The fourth-order valence-electron chi connectivity index (χ4n) is 5.26. The molecule has 23 heavy (non-hydrogen) atoms. The van der Waals surface area contributed by atoms with E-state index >= 15 is 0 Å². The third-order valence-corrected chi connectivity index (χ3v) is 6.51. The van der Waals surface area contributed by atoms with Crippen LogP contribution in [-0.2, 0) is 14.3 Å². The number of nitrogens with one attached hydrogen (secondary N) is 1. The number of ether oxygens (including phenoxy) is 1. The highest BCUT2D eigenvalue weighted by Crippen LogP contribution is 2.62. The third kappa shape index (κ3) is 1.38. The number of carbonyl (C=O) groups excluding carboxylic acids is 2. The molecular formula is C19H21NO3. The topological polar surface area (TPSA) is 58.7 Å². The first-order valence-electron chi connectivity index (χ1n) is 8.63. The summed E-state index contributed by atoms with van der Waals surface area (Å²) in [7, 11) is 0. The van der Waals surface area contributed by atoms with Crippen molar-refractivity contribution in [3.63, 3.8) is 0 Å². The van der Waals surface area contributed by atoms with Gasteiger partial charge >= 0.3 is 0 Å². The van der Waals surface area contributed by atoms with E-state index in [-0.39, 0.29) is 29.1 Å². The Balaban J connectivity index is 1.80. The van der Waals surface area contributed by atoms with Crippen molar-refractivity contribution in [3.05, 3.63) is 34.1 Å². The highest BCUT2D eigenvalue weighted by atomic mass is 16.6. The van der Waals surface area contributed by atoms with Gasteiger partial charge in [0.15, 0.2) is 11.9 Å². The third-order valence-electron chi connectivity index (χ3n) is 6.51. The van der Waals surface area contributed by atoms with Crippen LogP contribution in [0.3, 0.4) is 0 Å². The number of epoxide rings is 1. The van der Waals surface area contributed by atoms with Gasteiger partial charge in [0.1, 0.15) is 5.60 Å². The minimum atomic E-state index is -0.447. The summed E-state index contributed by atoms with van der Waals surface area (Å²) in [4.78, 5) is 25.4. The molecular weight excluding hydrogens is 290 g/mol. The summed E-state index contributed by atoms with van der Waals surface area (Å²) in [6.07, 6.45) is 5.69. The molecule has 5 aliphatic rings. The predicted molar refractivity (Wildman–Crippen MR) is 84.3 cm³/mol. The number of fused-ring (bicyclic) bond motifs is 3. The molecule has 1 N–H and O–H groups in total. The molecule has 2 fully saturated rings. The summed E-state index contributed by atoms with van der Waals surface area (Å²) < 4.78 is 5.88. The predicted octanol–water partition coefficient (Wildman–Crippen LogP) is 2.56. The van der Waals surface area contributed by atoms with E-state index < -0.39 is 5.60 Å². The fourth-order valence-corrected chi connectivity index (χ4v) is 5.26. The number of ketones is 1. The van der Waals surface area contributed by atoms with Gasteiger partial charge in [0.2, 0.25) is 0 Å². The first kappa shape index (κ1) is 13.7. The molecule has 0 spiro atoms. The second kappa shape index (κ2) is 3.86. The van der Waals surface area contributed by atoms with Crippen molar-refractivity contribution >= 4 is 11.7 Å². The van der Waals surface area contributed by atoms with Gasteiger partial charge in [0.25, 0.3) is 5.91 Å². The summed E-state index contributed by atoms with van der Waals surface area (Å²) in [6, 6.07) is 0. The monoisotopic (exact) mass is 311 g/mol. The highest BCUT2D eigenvalue weighted by Gasteiger charge is 2.72. The Kier molecular flexibility index (Phi) is 2.31. The number of hydrogen-bond donors (Lipinski definition) is 1. The van der Waals surface area contributed by atoms with Crippen LogP contribution >= 0.6 is 0 Å². The summed E-state index contributed by atoms with van der Waals surface area (Å²) in [5.74, 6) is 0.311. The number of rotatable bonds is 1. The largest absolute Gasteiger partial charge is 0.352 e. The molecule has 2 heterocycles. The van der Waals surface area contributed by atoms with Gasteiger partial charge in [-0.05, 0) is 48.2 Å². The van der Waals surface area contributed by atoms with E-state index in [1.165, 1.54) is 0 Å². The zero-order chi connectivity index (χ0) is 16.1. The Morgan fingerprint density at radius 3 is 2.87 bits per heavy atom. The van der Waals surface area contributed by atoms with E-state index in [1.54, 1.807) is 0 Å². The second-order valence-electron chi connectivity index (χ2n) is 8.10. The summed E-state index contributed by atoms with van der Waals surface area (Å²) in [5, 5.41) is 3.04. The quantitative estimate of drug-likeness (QED) is 0.757. The Labute approximate surface area is 135 Å². The Hall–Kier alpha value is -1.68. The SMILES string of the molecule is CC(C)[C@]12O[C@H]1C(=O)C1=C3NC(=O)C4=C3[C@](C)(CC=C12)CCC4. The van der Waals surface area contributed by atoms with Gasteiger partial charge in [-0.3, -0.25) is 9.59 Å². The van der Waals surface area contributed by atoms with Crippen molar-refractivity contribution in [1.29, 1.82) is 0 Å². The maximum atomic E-state index is 12.9. The maximum Gasteiger partial charge on any atom is 0.251 e. The molecule has 0 unspecified atom stereocenters. The molecule has 2 aliphatic heterocycles. The van der Waals surface area contributed by atoms with E-state index in [0.717, 1.165) is 53.7 Å². The van der Waals surface area contributed by atoms with Gasteiger partial charge in [-0.2, -0.15) is 0 Å². The van der Waals surface area contributed by atoms with Crippen LogP contribution in [0.5, 0.6) is 0 Å². The summed E-state index contributed by atoms with van der Waals surface area (Å²) in [5.41, 5.74) is 4.09. The number of hydrogen-bond acceptors (Lipinski definition) is 3. The Morgan fingerprint density at radius 1 is 1.35 bits per heavy atom. The summed E-state index contributed by atoms with van der Waals surface area (Å²) >= 11 is 0. The maximum absolute atomic E-state index is 12.9. The molecule has 0 aromatic heterocycles. The van der Waals surface area contributed by atoms with Gasteiger partial charge < -0.3 is 10.1 Å². The molecule has 4 heteroatoms. The van der Waals surface area contributed by atoms with Crippen LogP contribution in [0, 0.1) is 11.3 Å². The lowest BCUT2D eigenvalue weighted by Gasteiger charge is -2.34. The molecule has 1 saturated carbocycles. The van der Waals surface area contributed by atoms with Crippen molar-refractivity contribution in [3.8, 4) is 0 Å². The Bertz CT molecular complexity index is 784.